The Morgan fingerprint density at radius 3 is 2.54 bits per heavy atom. The maximum absolute atomic E-state index is 11.8. The van der Waals surface area contributed by atoms with Crippen LogP contribution in [0.5, 0.6) is 0 Å². The lowest BCUT2D eigenvalue weighted by Gasteiger charge is -2.16. The molecule has 1 rings (SSSR count). The van der Waals surface area contributed by atoms with Gasteiger partial charge in [0, 0.05) is 5.71 Å². The van der Waals surface area contributed by atoms with Gasteiger partial charge in [-0.05, 0) is 19.8 Å². The molecule has 0 saturated carbocycles. The molecule has 0 radical (unpaired) electrons. The summed E-state index contributed by atoms with van der Waals surface area (Å²) in [6.07, 6.45) is -3.78. The lowest BCUT2D eigenvalue weighted by atomic mass is 10.1. The number of halogens is 3. The van der Waals surface area contributed by atoms with Crippen LogP contribution in [0.2, 0.25) is 0 Å². The van der Waals surface area contributed by atoms with E-state index in [9.17, 15) is 13.2 Å². The fourth-order valence-electron chi connectivity index (χ4n) is 0.922. The van der Waals surface area contributed by atoms with Gasteiger partial charge in [0.25, 0.3) is 0 Å². The maximum Gasteiger partial charge on any atom is 0.574 e. The average Bonchev–Trinajstić information content (AvgIpc) is 1.94. The van der Waals surface area contributed by atoms with Crippen LogP contribution < -0.4 is 5.73 Å². The molecule has 74 valence electrons. The van der Waals surface area contributed by atoms with Crippen molar-refractivity contribution in [3.05, 3.63) is 11.6 Å². The van der Waals surface area contributed by atoms with E-state index < -0.39 is 12.2 Å². The standard InChI is InChI=1S/C7H9F3N2O/c1-4-2-3-5(11)6(12-4)13-7(8,9)10/h2-3,11H2,1H3. The van der Waals surface area contributed by atoms with E-state index in [-0.39, 0.29) is 5.70 Å². The Morgan fingerprint density at radius 1 is 1.38 bits per heavy atom. The normalized spacial score (nSPS) is 18.6. The van der Waals surface area contributed by atoms with Crippen LogP contribution in [-0.4, -0.2) is 12.1 Å². The summed E-state index contributed by atoms with van der Waals surface area (Å²) in [5, 5.41) is 0. The second kappa shape index (κ2) is 3.27. The summed E-state index contributed by atoms with van der Waals surface area (Å²) in [6.45, 7) is 1.63. The number of rotatable bonds is 1. The molecule has 0 saturated heterocycles. The summed E-state index contributed by atoms with van der Waals surface area (Å²) in [4.78, 5) is 3.58. The van der Waals surface area contributed by atoms with Crippen molar-refractivity contribution in [2.75, 3.05) is 0 Å². The molecule has 0 bridgehead atoms. The molecular formula is C7H9F3N2O. The molecule has 0 aromatic carbocycles. The topological polar surface area (TPSA) is 47.6 Å². The van der Waals surface area contributed by atoms with Crippen LogP contribution in [0, 0.1) is 0 Å². The van der Waals surface area contributed by atoms with E-state index in [0.29, 0.717) is 18.6 Å². The Labute approximate surface area is 73.1 Å². The zero-order valence-electron chi connectivity index (χ0n) is 6.98. The minimum absolute atomic E-state index is 0.0444. The fraction of sp³-hybridized carbons (Fsp3) is 0.571. The second-order valence-corrected chi connectivity index (χ2v) is 2.73. The number of hydrogen-bond acceptors (Lipinski definition) is 3. The van der Waals surface area contributed by atoms with Crippen molar-refractivity contribution in [2.24, 2.45) is 10.7 Å². The molecule has 3 nitrogen and oxygen atoms in total. The van der Waals surface area contributed by atoms with Gasteiger partial charge in [0.15, 0.2) is 0 Å². The van der Waals surface area contributed by atoms with Crippen LogP contribution in [0.25, 0.3) is 0 Å². The van der Waals surface area contributed by atoms with Crippen molar-refractivity contribution in [3.8, 4) is 0 Å². The van der Waals surface area contributed by atoms with E-state index in [4.69, 9.17) is 5.73 Å². The summed E-state index contributed by atoms with van der Waals surface area (Å²) < 4.78 is 38.9. The molecule has 0 amide bonds. The molecule has 0 aromatic rings. The molecule has 0 atom stereocenters. The first-order chi connectivity index (χ1) is 5.88. The highest BCUT2D eigenvalue weighted by Gasteiger charge is 2.33. The lowest BCUT2D eigenvalue weighted by Crippen LogP contribution is -2.19. The Kier molecular flexibility index (Phi) is 2.49. The monoisotopic (exact) mass is 194 g/mol. The zero-order valence-corrected chi connectivity index (χ0v) is 6.98. The Bertz CT molecular complexity index is 267. The van der Waals surface area contributed by atoms with Crippen LogP contribution in [0.3, 0.4) is 0 Å². The number of nitrogens with zero attached hydrogens (tertiary/aromatic N) is 1. The molecule has 0 spiro atoms. The van der Waals surface area contributed by atoms with Crippen molar-refractivity contribution in [1.29, 1.82) is 0 Å². The third kappa shape index (κ3) is 2.96. The second-order valence-electron chi connectivity index (χ2n) is 2.73. The van der Waals surface area contributed by atoms with Gasteiger partial charge in [0.2, 0.25) is 5.88 Å². The third-order valence-electron chi connectivity index (χ3n) is 1.54. The first-order valence-electron chi connectivity index (χ1n) is 3.67. The van der Waals surface area contributed by atoms with Crippen molar-refractivity contribution >= 4 is 5.71 Å². The van der Waals surface area contributed by atoms with E-state index in [1.807, 2.05) is 0 Å². The number of alkyl halides is 3. The van der Waals surface area contributed by atoms with Gasteiger partial charge in [-0.1, -0.05) is 0 Å². The van der Waals surface area contributed by atoms with Crippen LogP contribution in [0.4, 0.5) is 13.2 Å². The van der Waals surface area contributed by atoms with Crippen LogP contribution >= 0.6 is 0 Å². The van der Waals surface area contributed by atoms with Crippen LogP contribution in [-0.2, 0) is 4.74 Å². The van der Waals surface area contributed by atoms with Crippen LogP contribution in [0.1, 0.15) is 19.8 Å². The van der Waals surface area contributed by atoms with Gasteiger partial charge >= 0.3 is 6.36 Å². The SMILES string of the molecule is CC1=NC(OC(F)(F)F)=C(N)CC1. The summed E-state index contributed by atoms with van der Waals surface area (Å²) in [5.41, 5.74) is 5.93. The van der Waals surface area contributed by atoms with Crippen molar-refractivity contribution in [2.45, 2.75) is 26.1 Å². The lowest BCUT2D eigenvalue weighted by molar-refractivity contribution is -0.306. The summed E-state index contributed by atoms with van der Waals surface area (Å²) >= 11 is 0. The molecule has 0 aromatic heterocycles. The first kappa shape index (κ1) is 9.88. The number of ether oxygens (including phenoxy) is 1. The van der Waals surface area contributed by atoms with Gasteiger partial charge in [-0.2, -0.15) is 0 Å². The minimum Gasteiger partial charge on any atom is -0.398 e. The molecular weight excluding hydrogens is 185 g/mol. The van der Waals surface area contributed by atoms with E-state index in [2.05, 4.69) is 9.73 Å². The maximum atomic E-state index is 11.8. The summed E-state index contributed by atoms with van der Waals surface area (Å²) in [5.74, 6) is -0.517. The summed E-state index contributed by atoms with van der Waals surface area (Å²) in [6, 6.07) is 0. The summed E-state index contributed by atoms with van der Waals surface area (Å²) in [7, 11) is 0. The van der Waals surface area contributed by atoms with Crippen molar-refractivity contribution < 1.29 is 17.9 Å². The van der Waals surface area contributed by atoms with E-state index >= 15 is 0 Å². The predicted molar refractivity (Wildman–Crippen MR) is 40.7 cm³/mol. The number of aliphatic imine (C=N–C) groups is 1. The molecule has 1 aliphatic heterocycles. The van der Waals surface area contributed by atoms with Crippen molar-refractivity contribution in [3.63, 3.8) is 0 Å². The number of nitrogens with two attached hydrogens (primary N) is 1. The van der Waals surface area contributed by atoms with Crippen molar-refractivity contribution in [1.82, 2.24) is 0 Å². The Hall–Kier alpha value is -1.20. The molecule has 6 heteroatoms. The Balaban J connectivity index is 2.78. The van der Waals surface area contributed by atoms with Gasteiger partial charge in [-0.15, -0.1) is 13.2 Å². The van der Waals surface area contributed by atoms with E-state index in [1.54, 1.807) is 6.92 Å². The highest BCUT2D eigenvalue weighted by Crippen LogP contribution is 2.25. The van der Waals surface area contributed by atoms with Crippen LogP contribution in [0.15, 0.2) is 16.6 Å². The smallest absolute Gasteiger partial charge is 0.398 e. The molecule has 2 N–H and O–H groups in total. The minimum atomic E-state index is -4.72. The van der Waals surface area contributed by atoms with Gasteiger partial charge < -0.3 is 10.5 Å². The largest absolute Gasteiger partial charge is 0.574 e. The fourth-order valence-corrected chi connectivity index (χ4v) is 0.922. The number of allylic oxidation sites excluding steroid dienone is 1. The first-order valence-corrected chi connectivity index (χ1v) is 3.67. The quantitative estimate of drug-likeness (QED) is 0.693. The van der Waals surface area contributed by atoms with Gasteiger partial charge in [0.05, 0.1) is 5.70 Å². The molecule has 13 heavy (non-hydrogen) atoms. The zero-order chi connectivity index (χ0) is 10.1. The highest BCUT2D eigenvalue weighted by molar-refractivity contribution is 5.83. The highest BCUT2D eigenvalue weighted by atomic mass is 19.4. The molecule has 0 aliphatic carbocycles. The van der Waals surface area contributed by atoms with Gasteiger partial charge in [-0.25, -0.2) is 4.99 Å². The number of hydrogen-bond donors (Lipinski definition) is 1. The predicted octanol–water partition coefficient (Wildman–Crippen LogP) is 1.91. The Morgan fingerprint density at radius 2 is 2.00 bits per heavy atom. The molecule has 1 heterocycles. The average molecular weight is 194 g/mol. The molecule has 0 unspecified atom stereocenters. The molecule has 1 aliphatic rings. The van der Waals surface area contributed by atoms with E-state index in [0.717, 1.165) is 0 Å². The third-order valence-corrected chi connectivity index (χ3v) is 1.54. The van der Waals surface area contributed by atoms with Gasteiger partial charge in [-0.3, -0.25) is 0 Å². The van der Waals surface area contributed by atoms with E-state index in [1.165, 1.54) is 0 Å². The van der Waals surface area contributed by atoms with Gasteiger partial charge in [0.1, 0.15) is 0 Å². The molecule has 0 fully saturated rings.